The average molecular weight is 1090 g/mol. The average Bonchev–Trinajstić information content (AvgIpc) is 3.43. The van der Waals surface area contributed by atoms with Gasteiger partial charge in [-0.1, -0.05) is 37.1 Å². The van der Waals surface area contributed by atoms with Gasteiger partial charge in [-0.2, -0.15) is 4.98 Å². The van der Waals surface area contributed by atoms with Crippen LogP contribution in [0.4, 0.5) is 11.6 Å². The zero-order valence-corrected chi connectivity index (χ0v) is 45.2. The van der Waals surface area contributed by atoms with E-state index in [2.05, 4.69) is 47.5 Å². The number of benzene rings is 2. The number of fused-ring (bicyclic) bond motifs is 1. The van der Waals surface area contributed by atoms with Gasteiger partial charge in [-0.05, 0) is 116 Å². The summed E-state index contributed by atoms with van der Waals surface area (Å²) in [6.45, 7) is 10.2. The van der Waals surface area contributed by atoms with Crippen molar-refractivity contribution in [1.82, 2.24) is 30.2 Å². The molecule has 0 aliphatic rings. The van der Waals surface area contributed by atoms with Crippen LogP contribution in [0.25, 0.3) is 11.2 Å². The number of carboxylic acids is 1. The fraction of sp³-hybridized carbons (Fsp3) is 0.463. The molecule has 2 aromatic carbocycles. The molecule has 5 aromatic rings. The molecule has 1 amide bonds. The number of carbonyl (C=O) groups is 5. The van der Waals surface area contributed by atoms with Gasteiger partial charge in [0.25, 0.3) is 11.5 Å². The van der Waals surface area contributed by atoms with Crippen molar-refractivity contribution < 1.29 is 48.0 Å². The van der Waals surface area contributed by atoms with Crippen LogP contribution >= 0.6 is 21.6 Å². The number of hydrogen-bond donors (Lipinski definition) is 5. The molecule has 0 fully saturated rings. The van der Waals surface area contributed by atoms with E-state index in [-0.39, 0.29) is 66.0 Å². The number of aliphatic carboxylic acids is 1. The van der Waals surface area contributed by atoms with E-state index in [9.17, 15) is 33.9 Å². The van der Waals surface area contributed by atoms with Crippen LogP contribution in [0.3, 0.4) is 0 Å². The third-order valence-corrected chi connectivity index (χ3v) is 13.3. The first-order chi connectivity index (χ1) is 36.8. The third-order valence-electron chi connectivity index (χ3n) is 11.1. The van der Waals surface area contributed by atoms with Gasteiger partial charge in [0.2, 0.25) is 5.95 Å². The molecule has 0 unspecified atom stereocenters. The molecule has 410 valence electrons. The van der Waals surface area contributed by atoms with Crippen molar-refractivity contribution in [2.75, 3.05) is 69.6 Å². The molecule has 3 heterocycles. The molecule has 1 atom stereocenters. The minimum absolute atomic E-state index is 0.00666. The largest absolute Gasteiger partial charge is 0.494 e. The minimum Gasteiger partial charge on any atom is -0.494 e. The highest BCUT2D eigenvalue weighted by atomic mass is 33.1. The summed E-state index contributed by atoms with van der Waals surface area (Å²) in [6, 6.07) is 18.6. The Morgan fingerprint density at radius 2 is 1.46 bits per heavy atom. The van der Waals surface area contributed by atoms with Crippen molar-refractivity contribution in [3.63, 3.8) is 0 Å². The molecule has 76 heavy (non-hydrogen) atoms. The zero-order chi connectivity index (χ0) is 54.8. The third kappa shape index (κ3) is 25.3. The molecule has 0 aliphatic heterocycles. The van der Waals surface area contributed by atoms with Gasteiger partial charge in [0.05, 0.1) is 58.0 Å². The Morgan fingerprint density at radius 3 is 2.14 bits per heavy atom. The highest BCUT2D eigenvalue weighted by Crippen LogP contribution is 2.29. The number of hydrogen-bond acceptors (Lipinski definition) is 19. The van der Waals surface area contributed by atoms with E-state index in [1.165, 1.54) is 6.20 Å². The lowest BCUT2D eigenvalue weighted by Crippen LogP contribution is -2.41. The second-order valence-electron chi connectivity index (χ2n) is 17.1. The van der Waals surface area contributed by atoms with E-state index in [0.717, 1.165) is 53.7 Å². The Balaban J connectivity index is 0.000000359. The van der Waals surface area contributed by atoms with Gasteiger partial charge in [0, 0.05) is 74.2 Å². The van der Waals surface area contributed by atoms with Crippen molar-refractivity contribution in [1.29, 1.82) is 0 Å². The van der Waals surface area contributed by atoms with Crippen molar-refractivity contribution >= 4 is 79.3 Å². The highest BCUT2D eigenvalue weighted by molar-refractivity contribution is 8.76. The molecular weight excluding hydrogens is 1010 g/mol. The zero-order valence-electron chi connectivity index (χ0n) is 43.6. The number of aromatic nitrogens is 5. The Labute approximate surface area is 451 Å². The monoisotopic (exact) mass is 1090 g/mol. The van der Waals surface area contributed by atoms with E-state index >= 15 is 0 Å². The Morgan fingerprint density at radius 1 is 0.763 bits per heavy atom. The van der Waals surface area contributed by atoms with Crippen LogP contribution in [0, 0.1) is 0 Å². The van der Waals surface area contributed by atoms with Gasteiger partial charge in [0.1, 0.15) is 28.4 Å². The second-order valence-corrected chi connectivity index (χ2v) is 19.6. The van der Waals surface area contributed by atoms with Crippen LogP contribution < -0.4 is 26.7 Å². The molecule has 0 radical (unpaired) electrons. The summed E-state index contributed by atoms with van der Waals surface area (Å²) in [6.07, 6.45) is 9.45. The van der Waals surface area contributed by atoms with E-state index in [1.54, 1.807) is 52.1 Å². The molecule has 3 aromatic heterocycles. The Hall–Kier alpha value is -6.59. The molecule has 5 rings (SSSR count). The topological polar surface area (TPSA) is 289 Å². The van der Waals surface area contributed by atoms with Crippen LogP contribution in [0.2, 0.25) is 0 Å². The van der Waals surface area contributed by atoms with Gasteiger partial charge in [-0.25, -0.2) is 19.7 Å². The molecule has 0 aliphatic carbocycles. The first-order valence-electron chi connectivity index (χ1n) is 25.5. The number of Topliss-reactive ketones (excluding diaryl/α,β-unsaturated/α-hetero) is 3. The van der Waals surface area contributed by atoms with Crippen LogP contribution in [0.5, 0.6) is 5.75 Å². The standard InChI is InChI=1S/C31H43N7O8.C23H28N2O3S2/c1-2-3-13-44-15-17-46-18-16-45-14-5-4-6-24(39)11-12-25(30(42)43)36-28(40)21-7-9-22(10-8-21)33-19-23-20-34-27-26(35-23)29(41)38-31(32)37-27;1-3-20(26)7-6-15-28-22-11-9-19(10-12-22)18(2)25-17-21(27)13-16-29-30-23-8-4-5-14-24-23/h7-10,20,25,33H,2-6,11-19H2,1H3,(H,36,40)(H,42,43)(H3,32,34,37,38,41);4-5,8-12,14H,3,6-7,13,15-17H2,1-2H3/t25-;/m1./s1. The van der Waals surface area contributed by atoms with Crippen LogP contribution in [0.15, 0.2) is 93.9 Å². The van der Waals surface area contributed by atoms with E-state index < -0.39 is 23.5 Å². The number of nitrogen functional groups attached to an aromatic ring is 1. The summed E-state index contributed by atoms with van der Waals surface area (Å²) in [5, 5.41) is 16.1. The lowest BCUT2D eigenvalue weighted by molar-refractivity contribution is -0.139. The summed E-state index contributed by atoms with van der Waals surface area (Å²) in [7, 11) is 3.21. The molecule has 0 bridgehead atoms. The summed E-state index contributed by atoms with van der Waals surface area (Å²) in [5.41, 5.74) is 8.44. The lowest BCUT2D eigenvalue weighted by atomic mass is 10.0. The number of ketones is 3. The lowest BCUT2D eigenvalue weighted by Gasteiger charge is -2.14. The highest BCUT2D eigenvalue weighted by Gasteiger charge is 2.22. The summed E-state index contributed by atoms with van der Waals surface area (Å²) >= 11 is 0. The number of nitrogens with two attached hydrogens (primary N) is 1. The normalized spacial score (nSPS) is 11.6. The fourth-order valence-corrected chi connectivity index (χ4v) is 8.60. The van der Waals surface area contributed by atoms with Crippen LogP contribution in [-0.2, 0) is 39.9 Å². The molecule has 0 spiro atoms. The maximum atomic E-state index is 12.7. The summed E-state index contributed by atoms with van der Waals surface area (Å²) in [4.78, 5) is 95.5. The number of H-pyrrole nitrogens is 1. The van der Waals surface area contributed by atoms with E-state index in [1.807, 2.05) is 56.3 Å². The van der Waals surface area contributed by atoms with E-state index in [4.69, 9.17) is 24.7 Å². The molecule has 20 nitrogen and oxygen atoms in total. The molecule has 22 heteroatoms. The van der Waals surface area contributed by atoms with Crippen molar-refractivity contribution in [2.24, 2.45) is 4.99 Å². The molecular formula is C54H71N9O11S2. The number of carboxylic acid groups (broad SMARTS) is 1. The number of rotatable bonds is 37. The number of nitrogens with zero attached hydrogens (tertiary/aromatic N) is 5. The van der Waals surface area contributed by atoms with Gasteiger partial charge in [0.15, 0.2) is 16.9 Å². The Kier molecular flexibility index (Phi) is 29.7. The first kappa shape index (κ1) is 62.0. The van der Waals surface area contributed by atoms with Crippen molar-refractivity contribution in [3.8, 4) is 5.75 Å². The van der Waals surface area contributed by atoms with Crippen LogP contribution in [-0.4, -0.2) is 130 Å². The number of aliphatic imine (C=N–C) groups is 1. The van der Waals surface area contributed by atoms with Crippen molar-refractivity contribution in [2.45, 2.75) is 109 Å². The number of ether oxygens (including phenoxy) is 4. The molecule has 6 N–H and O–H groups in total. The quantitative estimate of drug-likeness (QED) is 0.0143. The minimum atomic E-state index is -1.21. The number of unbranched alkanes of at least 4 members (excludes halogenated alkanes) is 2. The maximum Gasteiger partial charge on any atom is 0.326 e. The SMILES string of the molecule is CCC(=O)CCCOc1ccc(C(C)=NCC(=O)CCSSc2ccccn2)cc1.CCCCOCCOCCOCCCCC(=O)CC[C@@H](NC(=O)c1ccc(NCc2cnc3nc(N)[nH]c(=O)c3n2)cc1)C(=O)O. The van der Waals surface area contributed by atoms with E-state index in [0.29, 0.717) is 89.5 Å². The molecule has 0 saturated carbocycles. The number of aromatic amines is 1. The smallest absolute Gasteiger partial charge is 0.326 e. The van der Waals surface area contributed by atoms with Crippen molar-refractivity contribution in [3.05, 3.63) is 106 Å². The predicted octanol–water partition coefficient (Wildman–Crippen LogP) is 7.89. The predicted molar refractivity (Wildman–Crippen MR) is 296 cm³/mol. The Bertz CT molecular complexity index is 2640. The number of amides is 1. The number of nitrogens with one attached hydrogen (secondary N) is 3. The van der Waals surface area contributed by atoms with Gasteiger partial charge in [-0.3, -0.25) is 33.9 Å². The van der Waals surface area contributed by atoms with Gasteiger partial charge >= 0.3 is 5.97 Å². The first-order valence-corrected chi connectivity index (χ1v) is 27.8. The number of carbonyl (C=O) groups excluding carboxylic acids is 4. The fourth-order valence-electron chi connectivity index (χ4n) is 6.69. The van der Waals surface area contributed by atoms with Gasteiger partial charge in [-0.15, -0.1) is 0 Å². The second kappa shape index (κ2) is 36.4. The molecule has 0 saturated heterocycles. The summed E-state index contributed by atoms with van der Waals surface area (Å²) in [5.74, 6) is 0.0160. The summed E-state index contributed by atoms with van der Waals surface area (Å²) < 4.78 is 22.0. The maximum absolute atomic E-state index is 12.7. The number of pyridine rings is 1. The van der Waals surface area contributed by atoms with Crippen LogP contribution in [0.1, 0.15) is 113 Å². The number of anilines is 2. The van der Waals surface area contributed by atoms with Gasteiger partial charge < -0.3 is 40.4 Å².